The molecule has 1 heterocycles. The molecule has 0 bridgehead atoms. The lowest BCUT2D eigenvalue weighted by atomic mass is 10.2. The topological polar surface area (TPSA) is 69.7 Å². The Morgan fingerprint density at radius 2 is 1.69 bits per heavy atom. The summed E-state index contributed by atoms with van der Waals surface area (Å²) in [5.74, 6) is -0.288. The summed E-state index contributed by atoms with van der Waals surface area (Å²) < 4.78 is 27.1. The largest absolute Gasteiger partial charge is 0.348 e. The summed E-state index contributed by atoms with van der Waals surface area (Å²) in [6, 6.07) is 15.8. The number of nitrogens with zero attached hydrogens (tertiary/aromatic N) is 2. The van der Waals surface area contributed by atoms with Gasteiger partial charge in [0.15, 0.2) is 0 Å². The van der Waals surface area contributed by atoms with Crippen LogP contribution in [0.5, 0.6) is 0 Å². The predicted octanol–water partition coefficient (Wildman–Crippen LogP) is 1.55. The zero-order valence-corrected chi connectivity index (χ0v) is 15.6. The van der Waals surface area contributed by atoms with Crippen LogP contribution >= 0.6 is 0 Å². The lowest BCUT2D eigenvalue weighted by Crippen LogP contribution is -2.47. The number of benzene rings is 2. The van der Waals surface area contributed by atoms with Crippen molar-refractivity contribution in [2.24, 2.45) is 0 Å². The van der Waals surface area contributed by atoms with Crippen molar-refractivity contribution >= 4 is 15.9 Å². The van der Waals surface area contributed by atoms with Gasteiger partial charge in [0.2, 0.25) is 10.0 Å². The number of nitrogens with one attached hydrogen (secondary N) is 1. The maximum Gasteiger partial charge on any atom is 0.251 e. The van der Waals surface area contributed by atoms with Gasteiger partial charge in [-0.05, 0) is 30.8 Å². The molecule has 1 aliphatic rings. The first kappa shape index (κ1) is 18.6. The molecule has 0 radical (unpaired) electrons. The van der Waals surface area contributed by atoms with Crippen LogP contribution in [0.25, 0.3) is 0 Å². The third-order valence-electron chi connectivity index (χ3n) is 4.49. The number of rotatable bonds is 5. The first-order valence-corrected chi connectivity index (χ1v) is 10.0. The summed E-state index contributed by atoms with van der Waals surface area (Å²) in [6.07, 6.45) is 0. The summed E-state index contributed by atoms with van der Waals surface area (Å²) in [5.41, 5.74) is 1.33. The third kappa shape index (κ3) is 4.30. The van der Waals surface area contributed by atoms with E-state index in [2.05, 4.69) is 10.2 Å². The molecule has 0 atom stereocenters. The first-order chi connectivity index (χ1) is 12.5. The second-order valence-corrected chi connectivity index (χ2v) is 8.34. The van der Waals surface area contributed by atoms with E-state index in [-0.39, 0.29) is 10.8 Å². The Morgan fingerprint density at radius 1 is 1.00 bits per heavy atom. The van der Waals surface area contributed by atoms with E-state index in [9.17, 15) is 13.2 Å². The molecule has 1 fully saturated rings. The van der Waals surface area contributed by atoms with Gasteiger partial charge in [-0.1, -0.05) is 36.4 Å². The summed E-state index contributed by atoms with van der Waals surface area (Å²) in [6.45, 7) is 2.73. The molecule has 1 N–H and O–H groups in total. The third-order valence-corrected chi connectivity index (χ3v) is 6.39. The number of piperazine rings is 1. The van der Waals surface area contributed by atoms with Crippen LogP contribution < -0.4 is 5.32 Å². The van der Waals surface area contributed by atoms with Gasteiger partial charge in [-0.3, -0.25) is 4.79 Å². The van der Waals surface area contributed by atoms with Crippen molar-refractivity contribution in [2.75, 3.05) is 33.2 Å². The Hall–Kier alpha value is -2.22. The Kier molecular flexibility index (Phi) is 5.70. The molecule has 26 heavy (non-hydrogen) atoms. The van der Waals surface area contributed by atoms with Gasteiger partial charge in [0.1, 0.15) is 0 Å². The van der Waals surface area contributed by atoms with Crippen molar-refractivity contribution in [3.63, 3.8) is 0 Å². The number of likely N-dealkylation sites (N-methyl/N-ethyl adjacent to an activating group) is 1. The fourth-order valence-corrected chi connectivity index (χ4v) is 4.32. The van der Waals surface area contributed by atoms with Crippen molar-refractivity contribution in [3.8, 4) is 0 Å². The minimum Gasteiger partial charge on any atom is -0.348 e. The monoisotopic (exact) mass is 373 g/mol. The maximum absolute atomic E-state index is 12.8. The summed E-state index contributed by atoms with van der Waals surface area (Å²) >= 11 is 0. The molecule has 1 amide bonds. The van der Waals surface area contributed by atoms with Gasteiger partial charge >= 0.3 is 0 Å². The number of carbonyl (C=O) groups excluding carboxylic acids is 1. The highest BCUT2D eigenvalue weighted by Gasteiger charge is 2.27. The molecule has 0 spiro atoms. The molecule has 1 saturated heterocycles. The van der Waals surface area contributed by atoms with Gasteiger partial charge in [-0.25, -0.2) is 8.42 Å². The van der Waals surface area contributed by atoms with E-state index >= 15 is 0 Å². The molecule has 2 aromatic carbocycles. The average molecular weight is 373 g/mol. The second-order valence-electron chi connectivity index (χ2n) is 6.40. The van der Waals surface area contributed by atoms with Gasteiger partial charge < -0.3 is 10.2 Å². The molecule has 6 nitrogen and oxygen atoms in total. The minimum absolute atomic E-state index is 0.161. The molecule has 2 aromatic rings. The van der Waals surface area contributed by atoms with Gasteiger partial charge in [-0.2, -0.15) is 4.31 Å². The Morgan fingerprint density at radius 3 is 2.38 bits per heavy atom. The quantitative estimate of drug-likeness (QED) is 0.863. The highest BCUT2D eigenvalue weighted by molar-refractivity contribution is 7.89. The number of hydrogen-bond acceptors (Lipinski definition) is 4. The van der Waals surface area contributed by atoms with Gasteiger partial charge in [-0.15, -0.1) is 0 Å². The second kappa shape index (κ2) is 7.99. The molecule has 1 aliphatic heterocycles. The van der Waals surface area contributed by atoms with Crippen LogP contribution in [0.4, 0.5) is 0 Å². The summed E-state index contributed by atoms with van der Waals surface area (Å²) in [4.78, 5) is 14.6. The van der Waals surface area contributed by atoms with E-state index in [1.807, 2.05) is 37.4 Å². The van der Waals surface area contributed by atoms with Gasteiger partial charge in [0.25, 0.3) is 5.91 Å². The van der Waals surface area contributed by atoms with Crippen LogP contribution in [0.15, 0.2) is 59.5 Å². The Labute approximate surface area is 154 Å². The van der Waals surface area contributed by atoms with Gasteiger partial charge in [0.05, 0.1) is 4.90 Å². The first-order valence-electron chi connectivity index (χ1n) is 8.58. The molecule has 138 valence electrons. The highest BCUT2D eigenvalue weighted by atomic mass is 32.2. The van der Waals surface area contributed by atoms with Crippen molar-refractivity contribution in [2.45, 2.75) is 11.4 Å². The fourth-order valence-electron chi connectivity index (χ4n) is 2.86. The van der Waals surface area contributed by atoms with Crippen LogP contribution in [0, 0.1) is 0 Å². The Balaban J connectivity index is 1.72. The van der Waals surface area contributed by atoms with E-state index in [4.69, 9.17) is 0 Å². The molecule has 0 saturated carbocycles. The van der Waals surface area contributed by atoms with Crippen molar-refractivity contribution in [1.82, 2.24) is 14.5 Å². The van der Waals surface area contributed by atoms with Crippen LogP contribution in [0.3, 0.4) is 0 Å². The van der Waals surface area contributed by atoms with Crippen LogP contribution in [-0.2, 0) is 16.6 Å². The highest BCUT2D eigenvalue weighted by Crippen LogP contribution is 2.18. The van der Waals surface area contributed by atoms with E-state index < -0.39 is 10.0 Å². The van der Waals surface area contributed by atoms with Crippen LogP contribution in [0.2, 0.25) is 0 Å². The molecule has 0 unspecified atom stereocenters. The van der Waals surface area contributed by atoms with Gasteiger partial charge in [0, 0.05) is 38.3 Å². The zero-order valence-electron chi connectivity index (χ0n) is 14.8. The average Bonchev–Trinajstić information content (AvgIpc) is 2.67. The van der Waals surface area contributed by atoms with E-state index in [1.165, 1.54) is 10.4 Å². The molecule has 7 heteroatoms. The number of amides is 1. The van der Waals surface area contributed by atoms with Crippen molar-refractivity contribution < 1.29 is 13.2 Å². The number of hydrogen-bond donors (Lipinski definition) is 1. The van der Waals surface area contributed by atoms with E-state index in [1.54, 1.807) is 18.2 Å². The normalized spacial score (nSPS) is 16.3. The SMILES string of the molecule is CN1CCN(S(=O)(=O)c2cccc(C(=O)NCc3ccccc3)c2)CC1. The van der Waals surface area contributed by atoms with E-state index in [0.717, 1.165) is 5.56 Å². The molecule has 0 aromatic heterocycles. The smallest absolute Gasteiger partial charge is 0.251 e. The molecular weight excluding hydrogens is 350 g/mol. The zero-order chi connectivity index (χ0) is 18.6. The minimum atomic E-state index is -3.58. The van der Waals surface area contributed by atoms with Crippen molar-refractivity contribution in [1.29, 1.82) is 0 Å². The lowest BCUT2D eigenvalue weighted by Gasteiger charge is -2.31. The lowest BCUT2D eigenvalue weighted by molar-refractivity contribution is 0.0950. The summed E-state index contributed by atoms with van der Waals surface area (Å²) in [5, 5.41) is 2.83. The number of sulfonamides is 1. The van der Waals surface area contributed by atoms with Crippen molar-refractivity contribution in [3.05, 3.63) is 65.7 Å². The number of carbonyl (C=O) groups is 1. The van der Waals surface area contributed by atoms with Crippen LogP contribution in [-0.4, -0.2) is 56.8 Å². The maximum atomic E-state index is 12.8. The molecule has 3 rings (SSSR count). The standard InChI is InChI=1S/C19H23N3O3S/c1-21-10-12-22(13-11-21)26(24,25)18-9-5-8-17(14-18)19(23)20-15-16-6-3-2-4-7-16/h2-9,14H,10-13,15H2,1H3,(H,20,23). The predicted molar refractivity (Wildman–Crippen MR) is 100 cm³/mol. The van der Waals surface area contributed by atoms with E-state index in [0.29, 0.717) is 38.3 Å². The Bertz CT molecular complexity index is 861. The summed E-state index contributed by atoms with van der Waals surface area (Å²) in [7, 11) is -1.61. The molecular formula is C19H23N3O3S. The van der Waals surface area contributed by atoms with Crippen LogP contribution in [0.1, 0.15) is 15.9 Å². The fraction of sp³-hybridized carbons (Fsp3) is 0.316. The molecule has 0 aliphatic carbocycles.